The highest BCUT2D eigenvalue weighted by Crippen LogP contribution is 2.13. The van der Waals surface area contributed by atoms with Crippen molar-refractivity contribution in [1.82, 2.24) is 4.98 Å². The first-order valence-electron chi connectivity index (χ1n) is 5.77. The van der Waals surface area contributed by atoms with Gasteiger partial charge in [-0.3, -0.25) is 9.54 Å². The molecule has 19 heavy (non-hydrogen) atoms. The molecule has 0 atom stereocenters. The molecule has 0 aliphatic rings. The molecule has 2 rings (SSSR count). The minimum atomic E-state index is -4.12. The van der Waals surface area contributed by atoms with Crippen molar-refractivity contribution in [3.63, 3.8) is 0 Å². The van der Waals surface area contributed by atoms with Crippen molar-refractivity contribution in [2.75, 3.05) is 11.9 Å². The third kappa shape index (κ3) is 4.04. The topological polar surface area (TPSA) is 79.3 Å². The molecule has 0 spiro atoms. The molecule has 0 fully saturated rings. The van der Waals surface area contributed by atoms with Crippen molar-refractivity contribution in [3.05, 3.63) is 54.4 Å². The number of aromatic nitrogens is 1. The molecule has 1 aromatic heterocycles. The number of benzene rings is 1. The molecular weight excluding hydrogens is 264 g/mol. The summed E-state index contributed by atoms with van der Waals surface area (Å²) < 4.78 is 30.6. The lowest BCUT2D eigenvalue weighted by Gasteiger charge is -2.06. The second kappa shape index (κ2) is 5.81. The van der Waals surface area contributed by atoms with Crippen LogP contribution in [0.15, 0.2) is 53.6 Å². The van der Waals surface area contributed by atoms with E-state index in [4.69, 9.17) is 4.55 Å². The molecule has 1 aromatic carbocycles. The summed E-state index contributed by atoms with van der Waals surface area (Å²) in [5.74, 6) is 0. The Labute approximate surface area is 112 Å². The lowest BCUT2D eigenvalue weighted by Crippen LogP contribution is -2.06. The smallest absolute Gasteiger partial charge is 0.294 e. The Morgan fingerprint density at radius 3 is 2.42 bits per heavy atom. The molecular formula is C13H14N2O3S. The maximum Gasteiger partial charge on any atom is 0.294 e. The van der Waals surface area contributed by atoms with E-state index in [2.05, 4.69) is 10.3 Å². The van der Waals surface area contributed by atoms with Crippen molar-refractivity contribution < 1.29 is 13.0 Å². The van der Waals surface area contributed by atoms with Crippen LogP contribution in [0.5, 0.6) is 0 Å². The SMILES string of the molecule is O=S(=O)(O)c1ccc(NCCc2ccccn2)cc1. The second-order valence-electron chi connectivity index (χ2n) is 4.00. The fourth-order valence-corrected chi connectivity index (χ4v) is 2.11. The lowest BCUT2D eigenvalue weighted by atomic mass is 10.2. The summed E-state index contributed by atoms with van der Waals surface area (Å²) in [4.78, 5) is 4.10. The zero-order valence-corrected chi connectivity index (χ0v) is 11.0. The first kappa shape index (κ1) is 13.5. The normalized spacial score (nSPS) is 11.2. The van der Waals surface area contributed by atoms with Gasteiger partial charge in [-0.1, -0.05) is 6.07 Å². The number of nitrogens with zero attached hydrogens (tertiary/aromatic N) is 1. The van der Waals surface area contributed by atoms with E-state index < -0.39 is 10.1 Å². The highest BCUT2D eigenvalue weighted by atomic mass is 32.2. The molecule has 2 N–H and O–H groups in total. The molecule has 0 saturated heterocycles. The molecule has 0 amide bonds. The zero-order chi connectivity index (χ0) is 13.7. The minimum Gasteiger partial charge on any atom is -0.385 e. The molecule has 100 valence electrons. The van der Waals surface area contributed by atoms with Gasteiger partial charge in [-0.05, 0) is 36.4 Å². The van der Waals surface area contributed by atoms with Gasteiger partial charge < -0.3 is 5.32 Å². The molecule has 0 radical (unpaired) electrons. The maximum absolute atomic E-state index is 10.9. The van der Waals surface area contributed by atoms with Crippen molar-refractivity contribution in [3.8, 4) is 0 Å². The van der Waals surface area contributed by atoms with Crippen LogP contribution in [0, 0.1) is 0 Å². The van der Waals surface area contributed by atoms with Gasteiger partial charge in [0.05, 0.1) is 4.90 Å². The van der Waals surface area contributed by atoms with Gasteiger partial charge in [-0.15, -0.1) is 0 Å². The van der Waals surface area contributed by atoms with E-state index >= 15 is 0 Å². The van der Waals surface area contributed by atoms with Gasteiger partial charge in [0.2, 0.25) is 0 Å². The fourth-order valence-electron chi connectivity index (χ4n) is 1.63. The predicted molar refractivity (Wildman–Crippen MR) is 72.7 cm³/mol. The standard InChI is InChI=1S/C13H14N2O3S/c16-19(17,18)13-6-4-12(5-7-13)15-10-8-11-3-1-2-9-14-11/h1-7,9,15H,8,10H2,(H,16,17,18). The van der Waals surface area contributed by atoms with Crippen LogP contribution in [-0.2, 0) is 16.5 Å². The van der Waals surface area contributed by atoms with E-state index in [0.29, 0.717) is 6.54 Å². The number of hydrogen-bond donors (Lipinski definition) is 2. The lowest BCUT2D eigenvalue weighted by molar-refractivity contribution is 0.483. The summed E-state index contributed by atoms with van der Waals surface area (Å²) in [6.07, 6.45) is 2.52. The van der Waals surface area contributed by atoms with Gasteiger partial charge >= 0.3 is 0 Å². The Kier molecular flexibility index (Phi) is 4.13. The summed E-state index contributed by atoms with van der Waals surface area (Å²) in [7, 11) is -4.12. The van der Waals surface area contributed by atoms with Crippen LogP contribution in [0.25, 0.3) is 0 Å². The van der Waals surface area contributed by atoms with Gasteiger partial charge in [0.25, 0.3) is 10.1 Å². The van der Waals surface area contributed by atoms with E-state index in [1.807, 2.05) is 18.2 Å². The molecule has 1 heterocycles. The first-order valence-corrected chi connectivity index (χ1v) is 7.21. The Bertz CT molecular complexity index is 625. The van der Waals surface area contributed by atoms with Crippen LogP contribution in [0.2, 0.25) is 0 Å². The van der Waals surface area contributed by atoms with Crippen LogP contribution in [0.1, 0.15) is 5.69 Å². The van der Waals surface area contributed by atoms with Crippen molar-refractivity contribution in [2.24, 2.45) is 0 Å². The van der Waals surface area contributed by atoms with Gasteiger partial charge in [-0.25, -0.2) is 0 Å². The second-order valence-corrected chi connectivity index (χ2v) is 5.42. The van der Waals surface area contributed by atoms with Crippen LogP contribution < -0.4 is 5.32 Å². The van der Waals surface area contributed by atoms with Gasteiger partial charge in [0.1, 0.15) is 0 Å². The van der Waals surface area contributed by atoms with Crippen LogP contribution >= 0.6 is 0 Å². The highest BCUT2D eigenvalue weighted by Gasteiger charge is 2.07. The quantitative estimate of drug-likeness (QED) is 0.818. The largest absolute Gasteiger partial charge is 0.385 e. The highest BCUT2D eigenvalue weighted by molar-refractivity contribution is 7.85. The van der Waals surface area contributed by atoms with Gasteiger partial charge in [0.15, 0.2) is 0 Å². The molecule has 2 aromatic rings. The van der Waals surface area contributed by atoms with Crippen molar-refractivity contribution in [1.29, 1.82) is 0 Å². The zero-order valence-electron chi connectivity index (χ0n) is 10.2. The van der Waals surface area contributed by atoms with E-state index in [-0.39, 0.29) is 4.90 Å². The van der Waals surface area contributed by atoms with Crippen molar-refractivity contribution in [2.45, 2.75) is 11.3 Å². The molecule has 0 aliphatic heterocycles. The summed E-state index contributed by atoms with van der Waals surface area (Å²) in [6, 6.07) is 11.7. The number of hydrogen-bond acceptors (Lipinski definition) is 4. The average Bonchev–Trinajstić information content (AvgIpc) is 2.39. The molecule has 0 saturated carbocycles. The maximum atomic E-state index is 10.9. The third-order valence-electron chi connectivity index (χ3n) is 2.59. The molecule has 0 aliphatic carbocycles. The van der Waals surface area contributed by atoms with Gasteiger partial charge in [-0.2, -0.15) is 8.42 Å². The summed E-state index contributed by atoms with van der Waals surface area (Å²) in [5.41, 5.74) is 1.79. The Morgan fingerprint density at radius 1 is 1.11 bits per heavy atom. The summed E-state index contributed by atoms with van der Waals surface area (Å²) >= 11 is 0. The van der Waals surface area contributed by atoms with Crippen LogP contribution in [0.4, 0.5) is 5.69 Å². The van der Waals surface area contributed by atoms with E-state index in [9.17, 15) is 8.42 Å². The van der Waals surface area contributed by atoms with E-state index in [1.165, 1.54) is 12.1 Å². The third-order valence-corrected chi connectivity index (χ3v) is 3.46. The molecule has 6 heteroatoms. The number of nitrogens with one attached hydrogen (secondary N) is 1. The Hall–Kier alpha value is -1.92. The minimum absolute atomic E-state index is 0.109. The molecule has 5 nitrogen and oxygen atoms in total. The predicted octanol–water partition coefficient (Wildman–Crippen LogP) is 1.98. The van der Waals surface area contributed by atoms with Crippen molar-refractivity contribution >= 4 is 15.8 Å². The molecule has 0 unspecified atom stereocenters. The van der Waals surface area contributed by atoms with Gasteiger partial charge in [0, 0.05) is 30.5 Å². The van der Waals surface area contributed by atoms with Crippen LogP contribution in [0.3, 0.4) is 0 Å². The fraction of sp³-hybridized carbons (Fsp3) is 0.154. The summed E-state index contributed by atoms with van der Waals surface area (Å²) in [6.45, 7) is 0.697. The van der Waals surface area contributed by atoms with E-state index in [0.717, 1.165) is 17.8 Å². The first-order chi connectivity index (χ1) is 9.05. The number of pyridine rings is 1. The van der Waals surface area contributed by atoms with Crippen LogP contribution in [-0.4, -0.2) is 24.5 Å². The van der Waals surface area contributed by atoms with E-state index in [1.54, 1.807) is 18.3 Å². The number of anilines is 1. The number of rotatable bonds is 5. The average molecular weight is 278 g/mol. The molecule has 0 bridgehead atoms. The Balaban J connectivity index is 1.90. The Morgan fingerprint density at radius 2 is 1.84 bits per heavy atom. The summed E-state index contributed by atoms with van der Waals surface area (Å²) in [5, 5.41) is 3.16. The monoisotopic (exact) mass is 278 g/mol.